The Labute approximate surface area is 81.1 Å². The Morgan fingerprint density at radius 3 is 1.57 bits per heavy atom. The predicted molar refractivity (Wildman–Crippen MR) is 49.6 cm³/mol. The van der Waals surface area contributed by atoms with Gasteiger partial charge in [0.05, 0.1) is 25.3 Å². The fraction of sp³-hybridized carbons (Fsp3) is 1.00. The molecule has 0 saturated heterocycles. The van der Waals surface area contributed by atoms with E-state index in [1.807, 2.05) is 0 Å². The quantitative estimate of drug-likeness (QED) is 0.353. The zero-order valence-electron chi connectivity index (χ0n) is 8.07. The molecule has 8 heteroatoms. The first-order chi connectivity index (χ1) is 6.79. The van der Waals surface area contributed by atoms with Gasteiger partial charge in [0.25, 0.3) is 0 Å². The predicted octanol–water partition coefficient (Wildman–Crippen LogP) is 1.64. The smallest absolute Gasteiger partial charge is 0.0714 e. The molecule has 0 aliphatic heterocycles. The summed E-state index contributed by atoms with van der Waals surface area (Å²) in [7, 11) is 2.94. The van der Waals surface area contributed by atoms with Gasteiger partial charge < -0.3 is 9.47 Å². The monoisotopic (exact) mass is 200 g/mol. The maximum Gasteiger partial charge on any atom is 0.0714 e. The summed E-state index contributed by atoms with van der Waals surface area (Å²) in [5, 5.41) is 6.92. The Balaban J connectivity index is 4.51. The van der Waals surface area contributed by atoms with Crippen LogP contribution in [0.1, 0.15) is 0 Å². The number of hydrogen-bond donors (Lipinski definition) is 0. The number of azide groups is 2. The summed E-state index contributed by atoms with van der Waals surface area (Å²) in [6.07, 6.45) is 0. The van der Waals surface area contributed by atoms with E-state index in [1.54, 1.807) is 0 Å². The minimum Gasteiger partial charge on any atom is -0.384 e. The second-order valence-electron chi connectivity index (χ2n) is 2.46. The van der Waals surface area contributed by atoms with Crippen molar-refractivity contribution < 1.29 is 9.47 Å². The molecular weight excluding hydrogens is 188 g/mol. The molecule has 0 aliphatic carbocycles. The molecule has 8 nitrogen and oxygen atoms in total. The average molecular weight is 200 g/mol. The second kappa shape index (κ2) is 8.15. The molecule has 0 bridgehead atoms. The highest BCUT2D eigenvalue weighted by molar-refractivity contribution is 4.82. The molecule has 0 spiro atoms. The van der Waals surface area contributed by atoms with Crippen LogP contribution < -0.4 is 0 Å². The van der Waals surface area contributed by atoms with Gasteiger partial charge in [-0.25, -0.2) is 0 Å². The fourth-order valence-corrected chi connectivity index (χ4v) is 0.917. The third-order valence-electron chi connectivity index (χ3n) is 1.52. The van der Waals surface area contributed by atoms with E-state index in [0.29, 0.717) is 0 Å². The SMILES string of the molecule is COC[C@@H](N=[N+]=[N-])[C@@H](COC)N=[N+]=[N-]. The molecule has 0 radical (unpaired) electrons. The number of hydrogen-bond acceptors (Lipinski definition) is 4. The van der Waals surface area contributed by atoms with Crippen molar-refractivity contribution in [2.75, 3.05) is 27.4 Å². The Bertz CT molecular complexity index is 219. The highest BCUT2D eigenvalue weighted by Gasteiger charge is 2.18. The van der Waals surface area contributed by atoms with E-state index >= 15 is 0 Å². The second-order valence-corrected chi connectivity index (χ2v) is 2.46. The topological polar surface area (TPSA) is 116 Å². The average Bonchev–Trinajstić information content (AvgIpc) is 2.17. The van der Waals surface area contributed by atoms with E-state index in [1.165, 1.54) is 14.2 Å². The molecule has 2 atom stereocenters. The Hall–Kier alpha value is -1.46. The van der Waals surface area contributed by atoms with Gasteiger partial charge in [-0.15, -0.1) is 0 Å². The Morgan fingerprint density at radius 2 is 1.36 bits per heavy atom. The van der Waals surface area contributed by atoms with Crippen molar-refractivity contribution in [3.8, 4) is 0 Å². The summed E-state index contributed by atoms with van der Waals surface area (Å²) in [6.45, 7) is 0.383. The lowest BCUT2D eigenvalue weighted by Crippen LogP contribution is -2.30. The lowest BCUT2D eigenvalue weighted by Gasteiger charge is -2.16. The molecule has 14 heavy (non-hydrogen) atoms. The molecule has 0 N–H and O–H groups in total. The molecule has 0 saturated carbocycles. The zero-order valence-corrected chi connectivity index (χ0v) is 8.07. The molecule has 0 heterocycles. The van der Waals surface area contributed by atoms with Gasteiger partial charge in [-0.05, 0) is 11.1 Å². The third-order valence-corrected chi connectivity index (χ3v) is 1.52. The van der Waals surface area contributed by atoms with Crippen LogP contribution in [0.25, 0.3) is 20.9 Å². The van der Waals surface area contributed by atoms with Crippen LogP contribution in [0.4, 0.5) is 0 Å². The minimum absolute atomic E-state index is 0.192. The van der Waals surface area contributed by atoms with Gasteiger partial charge in [-0.3, -0.25) is 0 Å². The van der Waals surface area contributed by atoms with Gasteiger partial charge in [0, 0.05) is 24.0 Å². The van der Waals surface area contributed by atoms with Crippen LogP contribution in [0.3, 0.4) is 0 Å². The van der Waals surface area contributed by atoms with E-state index in [0.717, 1.165) is 0 Å². The van der Waals surface area contributed by atoms with Crippen LogP contribution in [0.5, 0.6) is 0 Å². The van der Waals surface area contributed by atoms with Crippen molar-refractivity contribution in [2.24, 2.45) is 10.2 Å². The van der Waals surface area contributed by atoms with Crippen LogP contribution in [0, 0.1) is 0 Å². The minimum atomic E-state index is -0.541. The first-order valence-corrected chi connectivity index (χ1v) is 3.86. The summed E-state index contributed by atoms with van der Waals surface area (Å²) in [6, 6.07) is -1.08. The lowest BCUT2D eigenvalue weighted by atomic mass is 10.1. The number of methoxy groups -OCH3 is 2. The van der Waals surface area contributed by atoms with Crippen molar-refractivity contribution in [1.82, 2.24) is 0 Å². The number of ether oxygens (including phenoxy) is 2. The van der Waals surface area contributed by atoms with Gasteiger partial charge >= 0.3 is 0 Å². The maximum atomic E-state index is 8.28. The van der Waals surface area contributed by atoms with Gasteiger partial charge in [0.15, 0.2) is 0 Å². The molecule has 0 amide bonds. The largest absolute Gasteiger partial charge is 0.384 e. The van der Waals surface area contributed by atoms with Crippen molar-refractivity contribution in [3.05, 3.63) is 20.9 Å². The number of rotatable bonds is 7. The van der Waals surface area contributed by atoms with Crippen LogP contribution in [-0.4, -0.2) is 39.5 Å². The van der Waals surface area contributed by atoms with E-state index in [-0.39, 0.29) is 13.2 Å². The molecule has 0 aromatic rings. The van der Waals surface area contributed by atoms with Crippen molar-refractivity contribution >= 4 is 0 Å². The molecule has 0 fully saturated rings. The van der Waals surface area contributed by atoms with Crippen molar-refractivity contribution in [3.63, 3.8) is 0 Å². The summed E-state index contributed by atoms with van der Waals surface area (Å²) in [5.74, 6) is 0. The molecule has 0 rings (SSSR count). The third kappa shape index (κ3) is 4.54. The molecule has 78 valence electrons. The van der Waals surface area contributed by atoms with E-state index in [4.69, 9.17) is 20.5 Å². The van der Waals surface area contributed by atoms with Crippen LogP contribution in [0.15, 0.2) is 10.2 Å². The van der Waals surface area contributed by atoms with Gasteiger partial charge in [-0.1, -0.05) is 10.2 Å². The normalized spacial score (nSPS) is 13.6. The van der Waals surface area contributed by atoms with Gasteiger partial charge in [0.1, 0.15) is 0 Å². The van der Waals surface area contributed by atoms with E-state index in [2.05, 4.69) is 20.1 Å². The molecule has 0 unspecified atom stereocenters. The first-order valence-electron chi connectivity index (χ1n) is 3.86. The van der Waals surface area contributed by atoms with Crippen LogP contribution >= 0.6 is 0 Å². The molecule has 0 aromatic carbocycles. The highest BCUT2D eigenvalue weighted by atomic mass is 16.5. The number of nitrogens with zero attached hydrogens (tertiary/aromatic N) is 6. The zero-order chi connectivity index (χ0) is 10.8. The van der Waals surface area contributed by atoms with E-state index in [9.17, 15) is 0 Å². The first kappa shape index (κ1) is 12.5. The van der Waals surface area contributed by atoms with Crippen LogP contribution in [-0.2, 0) is 9.47 Å². The fourth-order valence-electron chi connectivity index (χ4n) is 0.917. The summed E-state index contributed by atoms with van der Waals surface area (Å²) in [5.41, 5.74) is 16.6. The Morgan fingerprint density at radius 1 is 1.00 bits per heavy atom. The van der Waals surface area contributed by atoms with E-state index < -0.39 is 12.1 Å². The summed E-state index contributed by atoms with van der Waals surface area (Å²) >= 11 is 0. The maximum absolute atomic E-state index is 8.28. The van der Waals surface area contributed by atoms with Crippen LogP contribution in [0.2, 0.25) is 0 Å². The molecular formula is C6H12N6O2. The summed E-state index contributed by atoms with van der Waals surface area (Å²) < 4.78 is 9.65. The Kier molecular flexibility index (Phi) is 7.30. The molecule has 0 aliphatic rings. The highest BCUT2D eigenvalue weighted by Crippen LogP contribution is 2.06. The molecule has 0 aromatic heterocycles. The van der Waals surface area contributed by atoms with Crippen molar-refractivity contribution in [2.45, 2.75) is 12.1 Å². The lowest BCUT2D eigenvalue weighted by molar-refractivity contribution is 0.130. The van der Waals surface area contributed by atoms with Gasteiger partial charge in [0.2, 0.25) is 0 Å². The standard InChI is InChI=1S/C6H12N6O2/c1-13-3-5(9-11-7)6(4-14-2)10-12-8/h5-6H,3-4H2,1-2H3/t5-,6-/m1/s1. The van der Waals surface area contributed by atoms with Gasteiger partial charge in [-0.2, -0.15) is 0 Å². The van der Waals surface area contributed by atoms with Crippen molar-refractivity contribution in [1.29, 1.82) is 0 Å². The summed E-state index contributed by atoms with van der Waals surface area (Å²) in [4.78, 5) is 5.29.